The molecule has 1 aromatic carbocycles. The van der Waals surface area contributed by atoms with Gasteiger partial charge < -0.3 is 10.5 Å². The lowest BCUT2D eigenvalue weighted by atomic mass is 9.90. The molecule has 6 heteroatoms. The van der Waals surface area contributed by atoms with Crippen molar-refractivity contribution in [3.05, 3.63) is 25.6 Å². The lowest BCUT2D eigenvalue weighted by Crippen LogP contribution is -2.31. The molecule has 18 heavy (non-hydrogen) atoms. The molecule has 1 aromatic rings. The second-order valence-electron chi connectivity index (χ2n) is 4.55. The molecule has 0 heterocycles. The zero-order chi connectivity index (χ0) is 13.9. The highest BCUT2D eigenvalue weighted by molar-refractivity contribution is 9.11. The Morgan fingerprint density at radius 3 is 2.22 bits per heavy atom. The number of halogens is 3. The maximum atomic E-state index is 5.78. The van der Waals surface area contributed by atoms with Crippen molar-refractivity contribution in [2.24, 2.45) is 11.1 Å². The monoisotopic (exact) mass is 457 g/mol. The summed E-state index contributed by atoms with van der Waals surface area (Å²) < 4.78 is 8.56. The number of thiocarbonyl (C=S) groups is 1. The normalized spacial score (nSPS) is 11.4. The van der Waals surface area contributed by atoms with Gasteiger partial charge in [0.05, 0.1) is 20.5 Å². The fourth-order valence-corrected chi connectivity index (χ4v) is 3.79. The third-order valence-electron chi connectivity index (χ3n) is 2.60. The van der Waals surface area contributed by atoms with Crippen molar-refractivity contribution in [3.8, 4) is 5.75 Å². The molecule has 1 rings (SSSR count). The van der Waals surface area contributed by atoms with Gasteiger partial charge in [-0.15, -0.1) is 0 Å². The Morgan fingerprint density at radius 2 is 1.78 bits per heavy atom. The summed E-state index contributed by atoms with van der Waals surface area (Å²) in [6.45, 7) is 4.60. The van der Waals surface area contributed by atoms with Gasteiger partial charge in [0.2, 0.25) is 0 Å². The summed E-state index contributed by atoms with van der Waals surface area (Å²) in [6, 6.07) is 3.89. The Labute approximate surface area is 138 Å². The Morgan fingerprint density at radius 1 is 1.28 bits per heavy atom. The molecule has 0 bridgehead atoms. The van der Waals surface area contributed by atoms with Crippen molar-refractivity contribution < 1.29 is 4.74 Å². The van der Waals surface area contributed by atoms with E-state index in [1.54, 1.807) is 0 Å². The van der Waals surface area contributed by atoms with Crippen LogP contribution < -0.4 is 10.5 Å². The topological polar surface area (TPSA) is 35.2 Å². The maximum absolute atomic E-state index is 5.78. The fourth-order valence-electron chi connectivity index (χ4n) is 1.20. The van der Waals surface area contributed by atoms with Crippen LogP contribution >= 0.6 is 60.0 Å². The second-order valence-corrected chi connectivity index (χ2v) is 7.61. The van der Waals surface area contributed by atoms with Crippen molar-refractivity contribution in [1.29, 1.82) is 0 Å². The van der Waals surface area contributed by atoms with Gasteiger partial charge in [0.25, 0.3) is 0 Å². The predicted molar refractivity (Wildman–Crippen MR) is 90.2 cm³/mol. The van der Waals surface area contributed by atoms with Crippen LogP contribution in [0.5, 0.6) is 5.75 Å². The van der Waals surface area contributed by atoms with Crippen LogP contribution in [0.2, 0.25) is 0 Å². The van der Waals surface area contributed by atoms with E-state index in [0.29, 0.717) is 11.6 Å². The van der Waals surface area contributed by atoms with Crippen LogP contribution in [-0.4, -0.2) is 11.6 Å². The molecule has 0 aromatic heterocycles. The molecule has 0 saturated heterocycles. The molecule has 100 valence electrons. The standard InChI is InChI=1S/C12H14Br3NOS/c1-12(2,11(16)18)3-4-17-10-8(14)5-7(13)6-9(10)15/h5-6H,3-4H2,1-2H3,(H2,16,18). The zero-order valence-electron chi connectivity index (χ0n) is 10.1. The molecule has 0 amide bonds. The van der Waals surface area contributed by atoms with Gasteiger partial charge >= 0.3 is 0 Å². The van der Waals surface area contributed by atoms with Gasteiger partial charge in [-0.3, -0.25) is 0 Å². The Hall–Kier alpha value is 0.350. The summed E-state index contributed by atoms with van der Waals surface area (Å²) in [7, 11) is 0. The average Bonchev–Trinajstić information content (AvgIpc) is 2.21. The van der Waals surface area contributed by atoms with E-state index in [4.69, 9.17) is 22.7 Å². The Balaban J connectivity index is 2.68. The Bertz CT molecular complexity index is 440. The summed E-state index contributed by atoms with van der Waals surface area (Å²) in [5, 5.41) is 0. The molecule has 0 atom stereocenters. The minimum Gasteiger partial charge on any atom is -0.491 e. The summed E-state index contributed by atoms with van der Waals surface area (Å²) in [5.41, 5.74) is 5.49. The molecule has 2 N–H and O–H groups in total. The number of hydrogen-bond acceptors (Lipinski definition) is 2. The van der Waals surface area contributed by atoms with Crippen LogP contribution in [0.4, 0.5) is 0 Å². The van der Waals surface area contributed by atoms with Gasteiger partial charge in [0.1, 0.15) is 5.75 Å². The van der Waals surface area contributed by atoms with Crippen molar-refractivity contribution in [1.82, 2.24) is 0 Å². The average molecular weight is 460 g/mol. The molecule has 0 fully saturated rings. The number of hydrogen-bond donors (Lipinski definition) is 1. The minimum atomic E-state index is -0.191. The fraction of sp³-hybridized carbons (Fsp3) is 0.417. The highest BCUT2D eigenvalue weighted by Crippen LogP contribution is 2.36. The van der Waals surface area contributed by atoms with Crippen LogP contribution in [0.25, 0.3) is 0 Å². The molecule has 0 unspecified atom stereocenters. The Kier molecular flexibility index (Phi) is 6.09. The predicted octanol–water partition coefficient (Wildman–Crippen LogP) is 5.06. The first kappa shape index (κ1) is 16.4. The van der Waals surface area contributed by atoms with Crippen molar-refractivity contribution in [2.75, 3.05) is 6.61 Å². The molecular formula is C12H14Br3NOS. The smallest absolute Gasteiger partial charge is 0.147 e. The van der Waals surface area contributed by atoms with Gasteiger partial charge in [-0.2, -0.15) is 0 Å². The van der Waals surface area contributed by atoms with E-state index < -0.39 is 0 Å². The summed E-state index contributed by atoms with van der Waals surface area (Å²) in [5.74, 6) is 0.789. The molecule has 2 nitrogen and oxygen atoms in total. The van der Waals surface area contributed by atoms with Crippen LogP contribution in [0.3, 0.4) is 0 Å². The molecule has 0 aliphatic heterocycles. The second kappa shape index (κ2) is 6.68. The summed E-state index contributed by atoms with van der Waals surface area (Å²) in [4.78, 5) is 0.514. The van der Waals surface area contributed by atoms with E-state index in [1.165, 1.54) is 0 Å². The minimum absolute atomic E-state index is 0.191. The molecule has 0 radical (unpaired) electrons. The van der Waals surface area contributed by atoms with Crippen LogP contribution in [-0.2, 0) is 0 Å². The van der Waals surface area contributed by atoms with Crippen LogP contribution in [0.15, 0.2) is 25.6 Å². The first-order valence-electron chi connectivity index (χ1n) is 5.31. The molecule has 0 aliphatic carbocycles. The molecular weight excluding hydrogens is 446 g/mol. The van der Waals surface area contributed by atoms with Gasteiger partial charge in [-0.05, 0) is 50.4 Å². The van der Waals surface area contributed by atoms with Crippen LogP contribution in [0, 0.1) is 5.41 Å². The molecule has 0 spiro atoms. The zero-order valence-corrected chi connectivity index (χ0v) is 15.7. The molecule has 0 saturated carbocycles. The van der Waals surface area contributed by atoms with E-state index in [-0.39, 0.29) is 5.41 Å². The van der Waals surface area contributed by atoms with Crippen molar-refractivity contribution in [2.45, 2.75) is 20.3 Å². The van der Waals surface area contributed by atoms with E-state index in [1.807, 2.05) is 26.0 Å². The highest BCUT2D eigenvalue weighted by atomic mass is 79.9. The number of benzene rings is 1. The lowest BCUT2D eigenvalue weighted by molar-refractivity contribution is 0.267. The number of rotatable bonds is 5. The van der Waals surface area contributed by atoms with E-state index in [0.717, 1.165) is 25.6 Å². The van der Waals surface area contributed by atoms with Crippen molar-refractivity contribution >= 4 is 65.0 Å². The van der Waals surface area contributed by atoms with Gasteiger partial charge in [-0.1, -0.05) is 42.0 Å². The SMILES string of the molecule is CC(C)(CCOc1c(Br)cc(Br)cc1Br)C(N)=S. The highest BCUT2D eigenvalue weighted by Gasteiger charge is 2.21. The third-order valence-corrected chi connectivity index (χ3v) is 4.79. The van der Waals surface area contributed by atoms with Crippen LogP contribution in [0.1, 0.15) is 20.3 Å². The molecule has 0 aliphatic rings. The number of ether oxygens (including phenoxy) is 1. The van der Waals surface area contributed by atoms with Gasteiger partial charge in [0.15, 0.2) is 0 Å². The first-order valence-corrected chi connectivity index (χ1v) is 8.10. The van der Waals surface area contributed by atoms with E-state index in [9.17, 15) is 0 Å². The first-order chi connectivity index (χ1) is 8.24. The van der Waals surface area contributed by atoms with Gasteiger partial charge in [0, 0.05) is 9.89 Å². The lowest BCUT2D eigenvalue weighted by Gasteiger charge is -2.23. The summed E-state index contributed by atoms with van der Waals surface area (Å²) >= 11 is 15.4. The quantitative estimate of drug-likeness (QED) is 0.625. The maximum Gasteiger partial charge on any atom is 0.147 e. The largest absolute Gasteiger partial charge is 0.491 e. The van der Waals surface area contributed by atoms with Gasteiger partial charge in [-0.25, -0.2) is 0 Å². The van der Waals surface area contributed by atoms with Crippen molar-refractivity contribution in [3.63, 3.8) is 0 Å². The summed E-state index contributed by atoms with van der Waals surface area (Å²) in [6.07, 6.45) is 0.775. The third kappa shape index (κ3) is 4.47. The number of nitrogens with two attached hydrogens (primary N) is 1. The van der Waals surface area contributed by atoms with E-state index in [2.05, 4.69) is 47.8 Å². The van der Waals surface area contributed by atoms with E-state index >= 15 is 0 Å².